The molecule has 0 aromatic rings. The van der Waals surface area contributed by atoms with Gasteiger partial charge in [0.15, 0.2) is 0 Å². The highest BCUT2D eigenvalue weighted by atomic mass is 35.5. The first kappa shape index (κ1) is 25.1. The summed E-state index contributed by atoms with van der Waals surface area (Å²) >= 11 is 5.77. The molecule has 1 N–H and O–H groups in total. The van der Waals surface area contributed by atoms with Crippen molar-refractivity contribution in [2.24, 2.45) is 34.5 Å². The van der Waals surface area contributed by atoms with Crippen LogP contribution < -0.4 is 0 Å². The van der Waals surface area contributed by atoms with Crippen molar-refractivity contribution < 1.29 is 33.7 Å². The van der Waals surface area contributed by atoms with Crippen LogP contribution in [0.2, 0.25) is 0 Å². The highest BCUT2D eigenvalue weighted by molar-refractivity contribution is 6.26. The number of alkyl halides is 1. The van der Waals surface area contributed by atoms with E-state index in [1.54, 1.807) is 0 Å². The van der Waals surface area contributed by atoms with E-state index in [1.807, 2.05) is 0 Å². The van der Waals surface area contributed by atoms with E-state index in [2.05, 4.69) is 13.8 Å². The molecule has 4 fully saturated rings. The van der Waals surface area contributed by atoms with Gasteiger partial charge in [0, 0.05) is 30.8 Å². The lowest BCUT2D eigenvalue weighted by Gasteiger charge is -2.63. The standard InChI is InChI=1S/C27H37ClO7/c1-15(29)34-18-6-8-25(2)17(11-18)4-5-20-19(25)7-9-26(3)24(16-10-22(30)33-14-16)21(12-27(20,26)32)35-23(31)13-28/h10,17-21,24,32H,4-9,11-14H2,1-3H3/t17-,18+,19?,20?,21+,24+,25+,26-,27+/m1/s1. The van der Waals surface area contributed by atoms with E-state index in [4.69, 9.17) is 25.8 Å². The molecule has 4 saturated carbocycles. The quantitative estimate of drug-likeness (QED) is 0.349. The second-order valence-electron chi connectivity index (χ2n) is 12.0. The van der Waals surface area contributed by atoms with Gasteiger partial charge in [-0.2, -0.15) is 0 Å². The maximum absolute atomic E-state index is 12.5. The van der Waals surface area contributed by atoms with E-state index in [9.17, 15) is 19.5 Å². The Balaban J connectivity index is 1.46. The number of rotatable bonds is 4. The molecule has 5 rings (SSSR count). The van der Waals surface area contributed by atoms with Gasteiger partial charge >= 0.3 is 17.9 Å². The van der Waals surface area contributed by atoms with E-state index in [-0.39, 0.29) is 47.8 Å². The molecule has 0 aromatic carbocycles. The predicted octanol–water partition coefficient (Wildman–Crippen LogP) is 3.94. The molecule has 1 heterocycles. The summed E-state index contributed by atoms with van der Waals surface area (Å²) in [7, 11) is 0. The van der Waals surface area contributed by atoms with Crippen LogP contribution >= 0.6 is 11.6 Å². The van der Waals surface area contributed by atoms with Crippen molar-refractivity contribution >= 4 is 29.5 Å². The number of cyclic esters (lactones) is 1. The van der Waals surface area contributed by atoms with Gasteiger partial charge in [-0.1, -0.05) is 13.8 Å². The molecule has 194 valence electrons. The molecule has 0 bridgehead atoms. The van der Waals surface area contributed by atoms with Crippen LogP contribution in [0.4, 0.5) is 0 Å². The molecule has 0 amide bonds. The van der Waals surface area contributed by atoms with E-state index in [0.717, 1.165) is 50.5 Å². The van der Waals surface area contributed by atoms with Crippen molar-refractivity contribution in [1.29, 1.82) is 0 Å². The van der Waals surface area contributed by atoms with Crippen LogP contribution in [0.5, 0.6) is 0 Å². The molecule has 1 aliphatic heterocycles. The summed E-state index contributed by atoms with van der Waals surface area (Å²) in [5.41, 5.74) is -0.682. The zero-order valence-electron chi connectivity index (χ0n) is 20.9. The Morgan fingerprint density at radius 1 is 1.14 bits per heavy atom. The van der Waals surface area contributed by atoms with Gasteiger partial charge in [0.25, 0.3) is 0 Å². The minimum Gasteiger partial charge on any atom is -0.463 e. The van der Waals surface area contributed by atoms with Crippen LogP contribution in [0, 0.1) is 34.5 Å². The van der Waals surface area contributed by atoms with Crippen molar-refractivity contribution in [2.45, 2.75) is 89.9 Å². The summed E-state index contributed by atoms with van der Waals surface area (Å²) in [6.45, 7) is 6.13. The van der Waals surface area contributed by atoms with Crippen molar-refractivity contribution in [1.82, 2.24) is 0 Å². The first-order valence-corrected chi connectivity index (χ1v) is 13.6. The van der Waals surface area contributed by atoms with Gasteiger partial charge in [0.1, 0.15) is 24.7 Å². The summed E-state index contributed by atoms with van der Waals surface area (Å²) in [5, 5.41) is 12.5. The largest absolute Gasteiger partial charge is 0.463 e. The Labute approximate surface area is 211 Å². The molecule has 9 atom stereocenters. The summed E-state index contributed by atoms with van der Waals surface area (Å²) < 4.78 is 16.6. The molecule has 0 radical (unpaired) electrons. The fourth-order valence-electron chi connectivity index (χ4n) is 9.07. The fraction of sp³-hybridized carbons (Fsp3) is 0.815. The lowest BCUT2D eigenvalue weighted by molar-refractivity contribution is -0.210. The van der Waals surface area contributed by atoms with Gasteiger partial charge < -0.3 is 19.3 Å². The lowest BCUT2D eigenvalue weighted by atomic mass is 9.43. The van der Waals surface area contributed by atoms with Gasteiger partial charge in [-0.05, 0) is 73.7 Å². The van der Waals surface area contributed by atoms with Crippen molar-refractivity contribution in [2.75, 3.05) is 12.5 Å². The second kappa shape index (κ2) is 8.76. The van der Waals surface area contributed by atoms with Crippen LogP contribution in [0.3, 0.4) is 0 Å². The third-order valence-corrected chi connectivity index (χ3v) is 10.8. The highest BCUT2D eigenvalue weighted by Crippen LogP contribution is 2.70. The Hall–Kier alpha value is -1.60. The summed E-state index contributed by atoms with van der Waals surface area (Å²) in [5.74, 6) is -0.750. The topological polar surface area (TPSA) is 99.1 Å². The molecule has 35 heavy (non-hydrogen) atoms. The van der Waals surface area contributed by atoms with E-state index < -0.39 is 23.1 Å². The number of aliphatic hydroxyl groups is 1. The monoisotopic (exact) mass is 508 g/mol. The Bertz CT molecular complexity index is 948. The normalized spacial score (nSPS) is 46.5. The molecule has 0 spiro atoms. The molecule has 8 heteroatoms. The average Bonchev–Trinajstić information content (AvgIpc) is 3.31. The van der Waals surface area contributed by atoms with Gasteiger partial charge in [0.05, 0.1) is 5.60 Å². The maximum Gasteiger partial charge on any atom is 0.331 e. The zero-order valence-corrected chi connectivity index (χ0v) is 21.6. The molecule has 7 nitrogen and oxygen atoms in total. The van der Waals surface area contributed by atoms with Crippen LogP contribution in [0.1, 0.15) is 72.1 Å². The first-order chi connectivity index (χ1) is 16.5. The third-order valence-electron chi connectivity index (χ3n) is 10.6. The number of fused-ring (bicyclic) bond motifs is 5. The second-order valence-corrected chi connectivity index (χ2v) is 12.3. The molecular weight excluding hydrogens is 472 g/mol. The van der Waals surface area contributed by atoms with Crippen LogP contribution in [0.15, 0.2) is 11.6 Å². The number of ether oxygens (including phenoxy) is 3. The lowest BCUT2D eigenvalue weighted by Crippen LogP contribution is -2.62. The number of esters is 3. The average molecular weight is 509 g/mol. The molecule has 5 aliphatic rings. The highest BCUT2D eigenvalue weighted by Gasteiger charge is 2.71. The van der Waals surface area contributed by atoms with Crippen LogP contribution in [-0.4, -0.2) is 53.3 Å². The van der Waals surface area contributed by atoms with E-state index >= 15 is 0 Å². The Morgan fingerprint density at radius 3 is 2.57 bits per heavy atom. The van der Waals surface area contributed by atoms with Crippen LogP contribution in [-0.2, 0) is 28.6 Å². The molecule has 0 saturated heterocycles. The van der Waals surface area contributed by atoms with Crippen molar-refractivity contribution in [3.8, 4) is 0 Å². The Morgan fingerprint density at radius 2 is 1.91 bits per heavy atom. The molecule has 2 unspecified atom stereocenters. The number of carbonyl (C=O) groups excluding carboxylic acids is 3. The Kier molecular flexibility index (Phi) is 6.27. The van der Waals surface area contributed by atoms with Gasteiger partial charge in [-0.15, -0.1) is 11.6 Å². The number of hydrogen-bond acceptors (Lipinski definition) is 7. The number of carbonyl (C=O) groups is 3. The summed E-state index contributed by atoms with van der Waals surface area (Å²) in [6.07, 6.45) is 7.67. The first-order valence-electron chi connectivity index (χ1n) is 13.0. The van der Waals surface area contributed by atoms with Gasteiger partial charge in [-0.3, -0.25) is 9.59 Å². The van der Waals surface area contributed by atoms with E-state index in [1.165, 1.54) is 13.0 Å². The van der Waals surface area contributed by atoms with Crippen molar-refractivity contribution in [3.63, 3.8) is 0 Å². The van der Waals surface area contributed by atoms with Crippen LogP contribution in [0.25, 0.3) is 0 Å². The molecular formula is C27H37ClO7. The molecule has 0 aromatic heterocycles. The SMILES string of the molecule is CC(=O)O[C@H]1CC[C@]2(C)C3CC[C@]4(C)[C@@H](C5=CC(=O)OC5)[C@@H](OC(=O)CCl)C[C@]4(O)C3CC[C@@H]2C1. The molecule has 4 aliphatic carbocycles. The summed E-state index contributed by atoms with van der Waals surface area (Å²) in [6, 6.07) is 0. The predicted molar refractivity (Wildman–Crippen MR) is 127 cm³/mol. The van der Waals surface area contributed by atoms with Gasteiger partial charge in [0.2, 0.25) is 0 Å². The maximum atomic E-state index is 12.5. The van der Waals surface area contributed by atoms with Crippen molar-refractivity contribution in [3.05, 3.63) is 11.6 Å². The minimum absolute atomic E-state index is 0.0129. The van der Waals surface area contributed by atoms with E-state index in [0.29, 0.717) is 18.3 Å². The zero-order chi connectivity index (χ0) is 25.2. The number of hydrogen-bond donors (Lipinski definition) is 1. The smallest absolute Gasteiger partial charge is 0.331 e. The fourth-order valence-corrected chi connectivity index (χ4v) is 9.13. The van der Waals surface area contributed by atoms with Gasteiger partial charge in [-0.25, -0.2) is 4.79 Å². The third kappa shape index (κ3) is 3.83. The summed E-state index contributed by atoms with van der Waals surface area (Å²) in [4.78, 5) is 35.7. The number of halogens is 1. The minimum atomic E-state index is -1.02.